The lowest BCUT2D eigenvalue weighted by Gasteiger charge is -1.98. The van der Waals surface area contributed by atoms with Crippen molar-refractivity contribution in [2.45, 2.75) is 0 Å². The Morgan fingerprint density at radius 1 is 1.71 bits per heavy atom. The first kappa shape index (κ1) is 10.2. The lowest BCUT2D eigenvalue weighted by Crippen LogP contribution is -1.97. The van der Waals surface area contributed by atoms with E-state index in [1.54, 1.807) is 6.07 Å². The van der Waals surface area contributed by atoms with Gasteiger partial charge in [0, 0.05) is 17.8 Å². The molecule has 1 aromatic rings. The zero-order valence-electron chi connectivity index (χ0n) is 6.94. The Hall–Kier alpha value is -1.86. The fourth-order valence-corrected chi connectivity index (χ4v) is 0.992. The normalized spacial score (nSPS) is 10.0. The Morgan fingerprint density at radius 2 is 2.43 bits per heavy atom. The minimum atomic E-state index is -1.08. The van der Waals surface area contributed by atoms with Gasteiger partial charge in [0.25, 0.3) is 0 Å². The van der Waals surface area contributed by atoms with Crippen LogP contribution in [0.1, 0.15) is 15.9 Å². The number of pyridine rings is 1. The SMILES string of the molecule is N#CC=Cc1cc(C(=O)O)cnc1Cl. The second kappa shape index (κ2) is 4.40. The number of rotatable bonds is 2. The first-order valence-electron chi connectivity index (χ1n) is 3.60. The highest BCUT2D eigenvalue weighted by Crippen LogP contribution is 2.15. The first-order valence-corrected chi connectivity index (χ1v) is 3.98. The van der Waals surface area contributed by atoms with Crippen LogP contribution in [-0.2, 0) is 0 Å². The van der Waals surface area contributed by atoms with Crippen molar-refractivity contribution in [2.75, 3.05) is 0 Å². The number of allylic oxidation sites excluding steroid dienone is 1. The number of carboxylic acid groups (broad SMARTS) is 1. The van der Waals surface area contributed by atoms with Gasteiger partial charge >= 0.3 is 5.97 Å². The summed E-state index contributed by atoms with van der Waals surface area (Å²) in [5.41, 5.74) is 0.445. The average molecular weight is 209 g/mol. The van der Waals surface area contributed by atoms with E-state index >= 15 is 0 Å². The maximum Gasteiger partial charge on any atom is 0.337 e. The molecule has 14 heavy (non-hydrogen) atoms. The molecule has 0 radical (unpaired) electrons. The molecule has 1 N–H and O–H groups in total. The summed E-state index contributed by atoms with van der Waals surface area (Å²) in [7, 11) is 0. The lowest BCUT2D eigenvalue weighted by molar-refractivity contribution is 0.0696. The van der Waals surface area contributed by atoms with Crippen LogP contribution in [0.5, 0.6) is 0 Å². The highest BCUT2D eigenvalue weighted by molar-refractivity contribution is 6.30. The number of aromatic nitrogens is 1. The predicted octanol–water partition coefficient (Wildman–Crippen LogP) is 1.97. The van der Waals surface area contributed by atoms with Crippen LogP contribution < -0.4 is 0 Å². The molecule has 0 bridgehead atoms. The molecule has 0 aromatic carbocycles. The van der Waals surface area contributed by atoms with Crippen LogP contribution >= 0.6 is 11.6 Å². The van der Waals surface area contributed by atoms with Gasteiger partial charge in [0.15, 0.2) is 0 Å². The number of aromatic carboxylic acids is 1. The molecule has 0 atom stereocenters. The summed E-state index contributed by atoms with van der Waals surface area (Å²) in [6.45, 7) is 0. The van der Waals surface area contributed by atoms with Crippen molar-refractivity contribution in [3.05, 3.63) is 34.6 Å². The van der Waals surface area contributed by atoms with Gasteiger partial charge in [0.05, 0.1) is 11.6 Å². The zero-order valence-corrected chi connectivity index (χ0v) is 7.69. The number of halogens is 1. The van der Waals surface area contributed by atoms with E-state index in [1.807, 2.05) is 0 Å². The summed E-state index contributed by atoms with van der Waals surface area (Å²) >= 11 is 5.67. The van der Waals surface area contributed by atoms with Crippen LogP contribution in [0.4, 0.5) is 0 Å². The third-order valence-corrected chi connectivity index (χ3v) is 1.77. The number of nitriles is 1. The van der Waals surface area contributed by atoms with Gasteiger partial charge < -0.3 is 5.11 Å². The Kier molecular flexibility index (Phi) is 3.21. The number of carboxylic acids is 1. The molecule has 5 heteroatoms. The van der Waals surface area contributed by atoms with Gasteiger partial charge in [-0.3, -0.25) is 0 Å². The number of hydrogen-bond acceptors (Lipinski definition) is 3. The number of hydrogen-bond donors (Lipinski definition) is 1. The topological polar surface area (TPSA) is 74.0 Å². The molecule has 0 saturated heterocycles. The molecule has 1 heterocycles. The van der Waals surface area contributed by atoms with E-state index in [1.165, 1.54) is 18.2 Å². The lowest BCUT2D eigenvalue weighted by atomic mass is 10.2. The van der Waals surface area contributed by atoms with Crippen LogP contribution in [0.15, 0.2) is 18.3 Å². The Bertz CT molecular complexity index is 435. The third-order valence-electron chi connectivity index (χ3n) is 1.45. The summed E-state index contributed by atoms with van der Waals surface area (Å²) in [6, 6.07) is 3.13. The maximum absolute atomic E-state index is 10.6. The van der Waals surface area contributed by atoms with Crippen molar-refractivity contribution in [2.24, 2.45) is 0 Å². The van der Waals surface area contributed by atoms with Crippen LogP contribution in [0.3, 0.4) is 0 Å². The van der Waals surface area contributed by atoms with Crippen molar-refractivity contribution in [3.8, 4) is 6.07 Å². The molecule has 0 spiro atoms. The summed E-state index contributed by atoms with van der Waals surface area (Å²) in [6.07, 6.45) is 3.77. The van der Waals surface area contributed by atoms with Gasteiger partial charge in [-0.05, 0) is 12.1 Å². The Labute approximate surface area is 85.1 Å². The van der Waals surface area contributed by atoms with E-state index in [4.69, 9.17) is 22.0 Å². The molecule has 4 nitrogen and oxygen atoms in total. The van der Waals surface area contributed by atoms with Crippen LogP contribution in [0, 0.1) is 11.3 Å². The Balaban J connectivity index is 3.16. The van der Waals surface area contributed by atoms with Crippen molar-refractivity contribution >= 4 is 23.6 Å². The van der Waals surface area contributed by atoms with E-state index in [9.17, 15) is 4.79 Å². The van der Waals surface area contributed by atoms with Gasteiger partial charge in [0.2, 0.25) is 0 Å². The number of nitrogens with zero attached hydrogens (tertiary/aromatic N) is 2. The molecule has 1 aromatic heterocycles. The molecule has 0 saturated carbocycles. The minimum Gasteiger partial charge on any atom is -0.478 e. The molecule has 1 rings (SSSR count). The second-order valence-electron chi connectivity index (χ2n) is 2.37. The molecular weight excluding hydrogens is 204 g/mol. The van der Waals surface area contributed by atoms with Gasteiger partial charge in [-0.15, -0.1) is 0 Å². The highest BCUT2D eigenvalue weighted by atomic mass is 35.5. The summed E-state index contributed by atoms with van der Waals surface area (Å²) in [4.78, 5) is 14.2. The van der Waals surface area contributed by atoms with E-state index in [0.717, 1.165) is 6.20 Å². The molecular formula is C9H5ClN2O2. The fourth-order valence-electron chi connectivity index (χ4n) is 0.826. The molecule has 70 valence electrons. The van der Waals surface area contributed by atoms with Crippen molar-refractivity contribution < 1.29 is 9.90 Å². The smallest absolute Gasteiger partial charge is 0.337 e. The number of carbonyl (C=O) groups is 1. The fraction of sp³-hybridized carbons (Fsp3) is 0. The summed E-state index contributed by atoms with van der Waals surface area (Å²) in [5.74, 6) is -1.08. The quantitative estimate of drug-likeness (QED) is 0.596. The van der Waals surface area contributed by atoms with E-state index in [-0.39, 0.29) is 10.7 Å². The van der Waals surface area contributed by atoms with Gasteiger partial charge in [-0.1, -0.05) is 11.6 Å². The maximum atomic E-state index is 10.6. The molecule has 0 fully saturated rings. The third kappa shape index (κ3) is 2.31. The van der Waals surface area contributed by atoms with E-state index in [2.05, 4.69) is 4.98 Å². The summed E-state index contributed by atoms with van der Waals surface area (Å²) in [5, 5.41) is 17.1. The van der Waals surface area contributed by atoms with Gasteiger partial charge in [0.1, 0.15) is 5.15 Å². The van der Waals surface area contributed by atoms with E-state index in [0.29, 0.717) is 5.56 Å². The van der Waals surface area contributed by atoms with Crippen LogP contribution in [-0.4, -0.2) is 16.1 Å². The largest absolute Gasteiger partial charge is 0.478 e. The predicted molar refractivity (Wildman–Crippen MR) is 50.9 cm³/mol. The van der Waals surface area contributed by atoms with Crippen LogP contribution in [0.2, 0.25) is 5.15 Å². The monoisotopic (exact) mass is 208 g/mol. The van der Waals surface area contributed by atoms with Gasteiger partial charge in [-0.2, -0.15) is 5.26 Å². The second-order valence-corrected chi connectivity index (χ2v) is 2.73. The molecule has 0 aliphatic carbocycles. The highest BCUT2D eigenvalue weighted by Gasteiger charge is 2.06. The van der Waals surface area contributed by atoms with Crippen LogP contribution in [0.25, 0.3) is 6.08 Å². The minimum absolute atomic E-state index is 0.0342. The van der Waals surface area contributed by atoms with Crippen molar-refractivity contribution in [3.63, 3.8) is 0 Å². The van der Waals surface area contributed by atoms with Gasteiger partial charge in [-0.25, -0.2) is 9.78 Å². The standard InChI is InChI=1S/C9H5ClN2O2/c10-8-6(2-1-3-11)4-7(5-12-8)9(13)14/h1-2,4-5H,(H,13,14). The molecule has 0 aliphatic rings. The molecule has 0 aliphatic heterocycles. The Morgan fingerprint density at radius 3 is 3.00 bits per heavy atom. The molecule has 0 amide bonds. The first-order chi connectivity index (χ1) is 6.65. The zero-order chi connectivity index (χ0) is 10.6. The average Bonchev–Trinajstić information content (AvgIpc) is 2.16. The molecule has 0 unspecified atom stereocenters. The van der Waals surface area contributed by atoms with E-state index < -0.39 is 5.97 Å². The van der Waals surface area contributed by atoms with Crippen molar-refractivity contribution in [1.82, 2.24) is 4.98 Å². The van der Waals surface area contributed by atoms with Crippen molar-refractivity contribution in [1.29, 1.82) is 5.26 Å². The summed E-state index contributed by atoms with van der Waals surface area (Å²) < 4.78 is 0.